The van der Waals surface area contributed by atoms with Crippen LogP contribution >= 0.6 is 0 Å². The lowest BCUT2D eigenvalue weighted by Gasteiger charge is -2.16. The van der Waals surface area contributed by atoms with Crippen LogP contribution in [0.5, 0.6) is 0 Å². The van der Waals surface area contributed by atoms with E-state index in [1.165, 1.54) is 5.57 Å². The van der Waals surface area contributed by atoms with Gasteiger partial charge in [-0.3, -0.25) is 0 Å². The predicted molar refractivity (Wildman–Crippen MR) is 63.9 cm³/mol. The topological polar surface area (TPSA) is 25.2 Å². The van der Waals surface area contributed by atoms with Crippen LogP contribution in [-0.4, -0.2) is 6.54 Å². The summed E-state index contributed by atoms with van der Waals surface area (Å²) in [5.74, 6) is 1.99. The maximum atomic E-state index is 5.64. The molecule has 1 aromatic rings. The fraction of sp³-hybridized carbons (Fsp3) is 0.538. The van der Waals surface area contributed by atoms with E-state index in [1.54, 1.807) is 0 Å². The molecule has 0 bridgehead atoms. The highest BCUT2D eigenvalue weighted by molar-refractivity contribution is 5.12. The molecular formula is C13H21NO. The van der Waals surface area contributed by atoms with Gasteiger partial charge in [-0.1, -0.05) is 12.5 Å². The molecule has 0 spiro atoms. The Balaban J connectivity index is 2.66. The number of aryl methyl sites for hydroxylation is 1. The SMILES string of the molecule is C=C(C)CC(NCCC)c1ccc(C)o1. The summed E-state index contributed by atoms with van der Waals surface area (Å²) in [6.45, 7) is 11.2. The van der Waals surface area contributed by atoms with Gasteiger partial charge in [-0.25, -0.2) is 0 Å². The third kappa shape index (κ3) is 3.92. The van der Waals surface area contributed by atoms with E-state index >= 15 is 0 Å². The molecule has 1 aromatic heterocycles. The Morgan fingerprint density at radius 2 is 2.27 bits per heavy atom. The van der Waals surface area contributed by atoms with Crippen molar-refractivity contribution in [1.29, 1.82) is 0 Å². The summed E-state index contributed by atoms with van der Waals surface area (Å²) in [5, 5.41) is 3.48. The van der Waals surface area contributed by atoms with Crippen molar-refractivity contribution in [3.63, 3.8) is 0 Å². The number of hydrogen-bond donors (Lipinski definition) is 1. The minimum absolute atomic E-state index is 0.274. The predicted octanol–water partition coefficient (Wildman–Crippen LogP) is 3.59. The van der Waals surface area contributed by atoms with Crippen LogP contribution in [0.2, 0.25) is 0 Å². The van der Waals surface area contributed by atoms with E-state index in [2.05, 4.69) is 25.7 Å². The highest BCUT2D eigenvalue weighted by Gasteiger charge is 2.13. The van der Waals surface area contributed by atoms with Crippen LogP contribution in [0.15, 0.2) is 28.7 Å². The number of nitrogens with one attached hydrogen (secondary N) is 1. The lowest BCUT2D eigenvalue weighted by molar-refractivity contribution is 0.398. The van der Waals surface area contributed by atoms with E-state index in [0.29, 0.717) is 0 Å². The lowest BCUT2D eigenvalue weighted by atomic mass is 10.1. The lowest BCUT2D eigenvalue weighted by Crippen LogP contribution is -2.21. The summed E-state index contributed by atoms with van der Waals surface area (Å²) in [7, 11) is 0. The van der Waals surface area contributed by atoms with Crippen molar-refractivity contribution < 1.29 is 4.42 Å². The maximum Gasteiger partial charge on any atom is 0.121 e. The van der Waals surface area contributed by atoms with Gasteiger partial charge in [-0.05, 0) is 45.4 Å². The van der Waals surface area contributed by atoms with Crippen LogP contribution in [0.1, 0.15) is 44.3 Å². The second kappa shape index (κ2) is 5.76. The zero-order valence-corrected chi connectivity index (χ0v) is 9.97. The van der Waals surface area contributed by atoms with Crippen molar-refractivity contribution in [3.8, 4) is 0 Å². The van der Waals surface area contributed by atoms with Crippen molar-refractivity contribution >= 4 is 0 Å². The molecule has 84 valence electrons. The summed E-state index contributed by atoms with van der Waals surface area (Å²) in [4.78, 5) is 0. The van der Waals surface area contributed by atoms with Crippen LogP contribution in [0.3, 0.4) is 0 Å². The molecule has 0 aromatic carbocycles. The van der Waals surface area contributed by atoms with Crippen LogP contribution < -0.4 is 5.32 Å². The molecule has 0 aliphatic carbocycles. The quantitative estimate of drug-likeness (QED) is 0.721. The third-order valence-corrected chi connectivity index (χ3v) is 2.30. The largest absolute Gasteiger partial charge is 0.465 e. The Labute approximate surface area is 92.4 Å². The summed E-state index contributed by atoms with van der Waals surface area (Å²) >= 11 is 0. The zero-order chi connectivity index (χ0) is 11.3. The van der Waals surface area contributed by atoms with Gasteiger partial charge in [0.05, 0.1) is 6.04 Å². The molecule has 2 heteroatoms. The second-order valence-electron chi connectivity index (χ2n) is 4.12. The molecule has 0 saturated carbocycles. The van der Waals surface area contributed by atoms with Crippen molar-refractivity contribution in [1.82, 2.24) is 5.32 Å². The van der Waals surface area contributed by atoms with Gasteiger partial charge < -0.3 is 9.73 Å². The minimum Gasteiger partial charge on any atom is -0.465 e. The minimum atomic E-state index is 0.274. The Hall–Kier alpha value is -1.02. The van der Waals surface area contributed by atoms with Crippen molar-refractivity contribution in [3.05, 3.63) is 35.8 Å². The molecule has 1 unspecified atom stereocenters. The normalized spacial score (nSPS) is 12.7. The molecular weight excluding hydrogens is 186 g/mol. The summed E-state index contributed by atoms with van der Waals surface area (Å²) < 4.78 is 5.64. The average molecular weight is 207 g/mol. The van der Waals surface area contributed by atoms with E-state index in [4.69, 9.17) is 4.42 Å². The van der Waals surface area contributed by atoms with Crippen molar-refractivity contribution in [2.24, 2.45) is 0 Å². The molecule has 0 aliphatic heterocycles. The Morgan fingerprint density at radius 3 is 2.73 bits per heavy atom. The zero-order valence-electron chi connectivity index (χ0n) is 9.97. The van der Waals surface area contributed by atoms with Crippen LogP contribution in [0.4, 0.5) is 0 Å². The van der Waals surface area contributed by atoms with Gasteiger partial charge in [0.1, 0.15) is 11.5 Å². The molecule has 1 N–H and O–H groups in total. The van der Waals surface area contributed by atoms with Gasteiger partial charge in [0, 0.05) is 0 Å². The molecule has 1 atom stereocenters. The van der Waals surface area contributed by atoms with E-state index in [1.807, 2.05) is 19.1 Å². The van der Waals surface area contributed by atoms with E-state index in [0.717, 1.165) is 30.9 Å². The van der Waals surface area contributed by atoms with Gasteiger partial charge in [0.2, 0.25) is 0 Å². The average Bonchev–Trinajstić information content (AvgIpc) is 2.58. The van der Waals surface area contributed by atoms with Gasteiger partial charge in [-0.15, -0.1) is 6.58 Å². The molecule has 0 fully saturated rings. The van der Waals surface area contributed by atoms with Gasteiger partial charge in [-0.2, -0.15) is 0 Å². The van der Waals surface area contributed by atoms with Crippen LogP contribution in [0.25, 0.3) is 0 Å². The fourth-order valence-corrected chi connectivity index (χ4v) is 1.58. The van der Waals surface area contributed by atoms with Crippen LogP contribution in [0, 0.1) is 6.92 Å². The first kappa shape index (κ1) is 12.1. The molecule has 15 heavy (non-hydrogen) atoms. The van der Waals surface area contributed by atoms with E-state index in [9.17, 15) is 0 Å². The molecule has 0 radical (unpaired) electrons. The van der Waals surface area contributed by atoms with Crippen molar-refractivity contribution in [2.45, 2.75) is 39.7 Å². The third-order valence-electron chi connectivity index (χ3n) is 2.30. The molecule has 0 saturated heterocycles. The number of hydrogen-bond acceptors (Lipinski definition) is 2. The molecule has 0 amide bonds. The Kier molecular flexibility index (Phi) is 4.63. The van der Waals surface area contributed by atoms with Gasteiger partial charge >= 0.3 is 0 Å². The van der Waals surface area contributed by atoms with Crippen LogP contribution in [-0.2, 0) is 0 Å². The van der Waals surface area contributed by atoms with E-state index in [-0.39, 0.29) is 6.04 Å². The molecule has 1 rings (SSSR count). The first-order valence-corrected chi connectivity index (χ1v) is 5.57. The fourth-order valence-electron chi connectivity index (χ4n) is 1.58. The maximum absolute atomic E-state index is 5.64. The molecule has 0 aliphatic rings. The molecule has 1 heterocycles. The summed E-state index contributed by atoms with van der Waals surface area (Å²) in [6.07, 6.45) is 2.07. The standard InChI is InChI=1S/C13H21NO/c1-5-8-14-12(9-10(2)3)13-7-6-11(4)15-13/h6-7,12,14H,2,5,8-9H2,1,3-4H3. The van der Waals surface area contributed by atoms with Gasteiger partial charge in [0.15, 0.2) is 0 Å². The number of furan rings is 1. The van der Waals surface area contributed by atoms with Gasteiger partial charge in [0.25, 0.3) is 0 Å². The first-order chi connectivity index (χ1) is 7.13. The summed E-state index contributed by atoms with van der Waals surface area (Å²) in [5.41, 5.74) is 1.18. The Bertz CT molecular complexity index is 314. The van der Waals surface area contributed by atoms with Crippen molar-refractivity contribution in [2.75, 3.05) is 6.54 Å². The van der Waals surface area contributed by atoms with E-state index < -0.39 is 0 Å². The smallest absolute Gasteiger partial charge is 0.121 e. The second-order valence-corrected chi connectivity index (χ2v) is 4.12. The summed E-state index contributed by atoms with van der Waals surface area (Å²) in [6, 6.07) is 4.33. The number of rotatable bonds is 6. The molecule has 2 nitrogen and oxygen atoms in total. The highest BCUT2D eigenvalue weighted by atomic mass is 16.3. The monoisotopic (exact) mass is 207 g/mol. The first-order valence-electron chi connectivity index (χ1n) is 5.57. The highest BCUT2D eigenvalue weighted by Crippen LogP contribution is 2.22. The Morgan fingerprint density at radius 1 is 1.53 bits per heavy atom.